The number of amides is 1. The van der Waals surface area contributed by atoms with Crippen molar-refractivity contribution >= 4 is 27.6 Å². The first kappa shape index (κ1) is 16.1. The van der Waals surface area contributed by atoms with Gasteiger partial charge in [-0.25, -0.2) is 8.42 Å². The summed E-state index contributed by atoms with van der Waals surface area (Å²) in [4.78, 5) is 22.0. The smallest absolute Gasteiger partial charge is 0.304 e. The molecule has 0 heterocycles. The molecule has 1 aromatic rings. The molecule has 110 valence electrons. The Hall–Kier alpha value is -1.93. The van der Waals surface area contributed by atoms with Crippen molar-refractivity contribution in [2.24, 2.45) is 0 Å². The Morgan fingerprint density at radius 3 is 2.40 bits per heavy atom. The van der Waals surface area contributed by atoms with Crippen LogP contribution in [0, 0.1) is 0 Å². The van der Waals surface area contributed by atoms with E-state index in [1.165, 1.54) is 7.05 Å². The maximum atomic E-state index is 11.7. The number of carboxylic acid groups (broad SMARTS) is 1. The van der Waals surface area contributed by atoms with Gasteiger partial charge in [-0.3, -0.25) is 9.59 Å². The monoisotopic (exact) mass is 300 g/mol. The first-order valence-electron chi connectivity index (χ1n) is 5.82. The van der Waals surface area contributed by atoms with Crippen molar-refractivity contribution in [2.75, 3.05) is 24.7 Å². The zero-order valence-corrected chi connectivity index (χ0v) is 11.8. The van der Waals surface area contributed by atoms with Crippen LogP contribution in [0.2, 0.25) is 0 Å². The summed E-state index contributed by atoms with van der Waals surface area (Å²) in [5.74, 6) is -2.22. The number of likely N-dealkylation sites (N-methyl/N-ethyl adjacent to an activating group) is 1. The Labute approximate surface area is 117 Å². The molecule has 2 N–H and O–H groups in total. The predicted molar refractivity (Wildman–Crippen MR) is 73.7 cm³/mol. The molecule has 0 fully saturated rings. The van der Waals surface area contributed by atoms with Gasteiger partial charge in [0.05, 0.1) is 18.7 Å². The maximum absolute atomic E-state index is 11.7. The van der Waals surface area contributed by atoms with Gasteiger partial charge < -0.3 is 10.4 Å². The van der Waals surface area contributed by atoms with Crippen molar-refractivity contribution in [3.8, 4) is 0 Å². The quantitative estimate of drug-likeness (QED) is 0.756. The van der Waals surface area contributed by atoms with Crippen LogP contribution in [0.15, 0.2) is 30.3 Å². The van der Waals surface area contributed by atoms with Crippen LogP contribution in [-0.2, 0) is 19.6 Å². The number of anilines is 1. The van der Waals surface area contributed by atoms with Gasteiger partial charge in [0.15, 0.2) is 0 Å². The van der Waals surface area contributed by atoms with E-state index in [0.717, 1.165) is 4.31 Å². The van der Waals surface area contributed by atoms with Crippen LogP contribution < -0.4 is 5.32 Å². The fraction of sp³-hybridized carbons (Fsp3) is 0.333. The molecule has 7 nitrogen and oxygen atoms in total. The van der Waals surface area contributed by atoms with Gasteiger partial charge in [-0.1, -0.05) is 18.2 Å². The number of carbonyl (C=O) groups is 2. The molecule has 20 heavy (non-hydrogen) atoms. The Morgan fingerprint density at radius 2 is 1.85 bits per heavy atom. The molecule has 1 aromatic carbocycles. The summed E-state index contributed by atoms with van der Waals surface area (Å²) in [6.45, 7) is -0.364. The van der Waals surface area contributed by atoms with Gasteiger partial charge in [0.25, 0.3) is 0 Å². The van der Waals surface area contributed by atoms with Gasteiger partial charge in [0.1, 0.15) is 0 Å². The lowest BCUT2D eigenvalue weighted by molar-refractivity contribution is -0.136. The van der Waals surface area contributed by atoms with E-state index in [1.807, 2.05) is 0 Å². The van der Waals surface area contributed by atoms with E-state index in [9.17, 15) is 18.0 Å². The zero-order valence-electron chi connectivity index (χ0n) is 10.9. The van der Waals surface area contributed by atoms with Gasteiger partial charge in [0, 0.05) is 12.7 Å². The summed E-state index contributed by atoms with van der Waals surface area (Å²) < 4.78 is 24.3. The summed E-state index contributed by atoms with van der Waals surface area (Å²) in [6.07, 6.45) is -0.493. The van der Waals surface area contributed by atoms with Crippen LogP contribution in [0.3, 0.4) is 0 Å². The van der Waals surface area contributed by atoms with Gasteiger partial charge >= 0.3 is 5.97 Å². The molecule has 1 amide bonds. The van der Waals surface area contributed by atoms with Crippen molar-refractivity contribution in [2.45, 2.75) is 6.42 Å². The summed E-state index contributed by atoms with van der Waals surface area (Å²) in [5.41, 5.74) is 0.564. The highest BCUT2D eigenvalue weighted by molar-refractivity contribution is 7.89. The third kappa shape index (κ3) is 5.37. The topological polar surface area (TPSA) is 104 Å². The molecule has 0 atom stereocenters. The molecule has 0 unspecified atom stereocenters. The Morgan fingerprint density at radius 1 is 1.25 bits per heavy atom. The van der Waals surface area contributed by atoms with Gasteiger partial charge in [-0.05, 0) is 12.1 Å². The normalized spacial score (nSPS) is 11.3. The van der Waals surface area contributed by atoms with Crippen LogP contribution >= 0.6 is 0 Å². The van der Waals surface area contributed by atoms with Crippen LogP contribution in [0.25, 0.3) is 0 Å². The van der Waals surface area contributed by atoms with Gasteiger partial charge in [-0.2, -0.15) is 4.31 Å². The average molecular weight is 300 g/mol. The molecule has 0 bridgehead atoms. The number of carboxylic acids is 1. The summed E-state index contributed by atoms with van der Waals surface area (Å²) >= 11 is 0. The number of carbonyl (C=O) groups excluding carboxylic acids is 1. The lowest BCUT2D eigenvalue weighted by Crippen LogP contribution is -2.36. The first-order valence-corrected chi connectivity index (χ1v) is 7.43. The van der Waals surface area contributed by atoms with E-state index in [1.54, 1.807) is 30.3 Å². The van der Waals surface area contributed by atoms with E-state index >= 15 is 0 Å². The second kappa shape index (κ2) is 7.01. The maximum Gasteiger partial charge on any atom is 0.304 e. The Bertz CT molecular complexity index is 571. The van der Waals surface area contributed by atoms with E-state index in [4.69, 9.17) is 5.11 Å². The summed E-state index contributed by atoms with van der Waals surface area (Å²) in [6, 6.07) is 8.62. The number of hydrogen-bond donors (Lipinski definition) is 2. The highest BCUT2D eigenvalue weighted by Crippen LogP contribution is 2.06. The van der Waals surface area contributed by atoms with Gasteiger partial charge in [0.2, 0.25) is 15.9 Å². The van der Waals surface area contributed by atoms with Crippen LogP contribution in [0.1, 0.15) is 6.42 Å². The molecule has 0 aliphatic heterocycles. The summed E-state index contributed by atoms with van der Waals surface area (Å²) in [5, 5.41) is 11.0. The molecule has 0 aliphatic rings. The number of hydrogen-bond acceptors (Lipinski definition) is 4. The fourth-order valence-electron chi connectivity index (χ4n) is 1.39. The second-order valence-electron chi connectivity index (χ2n) is 4.13. The van der Waals surface area contributed by atoms with Crippen molar-refractivity contribution < 1.29 is 23.1 Å². The molecule has 0 radical (unpaired) electrons. The van der Waals surface area contributed by atoms with E-state index in [-0.39, 0.29) is 6.54 Å². The molecular weight excluding hydrogens is 284 g/mol. The lowest BCUT2D eigenvalue weighted by Gasteiger charge is -2.16. The molecule has 8 heteroatoms. The standard InChI is InChI=1S/C12H16N2O5S/c1-14(20(18,19)8-7-12(16)17)9-11(15)13-10-5-3-2-4-6-10/h2-6H,7-9H2,1H3,(H,13,15)(H,16,17). The van der Waals surface area contributed by atoms with Crippen molar-refractivity contribution in [1.82, 2.24) is 4.31 Å². The third-order valence-electron chi connectivity index (χ3n) is 2.47. The molecule has 0 saturated heterocycles. The first-order chi connectivity index (χ1) is 9.31. The highest BCUT2D eigenvalue weighted by Gasteiger charge is 2.21. The number of aliphatic carboxylic acids is 1. The van der Waals surface area contributed by atoms with Crippen LogP contribution in [0.4, 0.5) is 5.69 Å². The Balaban J connectivity index is 2.54. The number of benzene rings is 1. The van der Waals surface area contributed by atoms with E-state index in [0.29, 0.717) is 5.69 Å². The molecule has 0 spiro atoms. The minimum absolute atomic E-state index is 0.364. The number of sulfonamides is 1. The van der Waals surface area contributed by atoms with E-state index in [2.05, 4.69) is 5.32 Å². The summed E-state index contributed by atoms with van der Waals surface area (Å²) in [7, 11) is -2.51. The predicted octanol–water partition coefficient (Wildman–Crippen LogP) is 0.361. The number of rotatable bonds is 7. The third-order valence-corrected chi connectivity index (χ3v) is 4.27. The minimum atomic E-state index is -3.75. The number of nitrogens with zero attached hydrogens (tertiary/aromatic N) is 1. The minimum Gasteiger partial charge on any atom is -0.481 e. The highest BCUT2D eigenvalue weighted by atomic mass is 32.2. The zero-order chi connectivity index (χ0) is 15.2. The number of nitrogens with one attached hydrogen (secondary N) is 1. The van der Waals surface area contributed by atoms with Crippen LogP contribution in [-0.4, -0.2) is 49.1 Å². The molecule has 0 aromatic heterocycles. The fourth-order valence-corrected chi connectivity index (χ4v) is 2.45. The Kier molecular flexibility index (Phi) is 5.66. The SMILES string of the molecule is CN(CC(=O)Nc1ccccc1)S(=O)(=O)CCC(=O)O. The van der Waals surface area contributed by atoms with Gasteiger partial charge in [-0.15, -0.1) is 0 Å². The molecule has 1 rings (SSSR count). The average Bonchev–Trinajstić information content (AvgIpc) is 2.37. The van der Waals surface area contributed by atoms with Crippen molar-refractivity contribution in [1.29, 1.82) is 0 Å². The molecule has 0 saturated carbocycles. The molecular formula is C12H16N2O5S. The van der Waals surface area contributed by atoms with Crippen molar-refractivity contribution in [3.05, 3.63) is 30.3 Å². The van der Waals surface area contributed by atoms with Crippen molar-refractivity contribution in [3.63, 3.8) is 0 Å². The second-order valence-corrected chi connectivity index (χ2v) is 6.33. The largest absolute Gasteiger partial charge is 0.481 e. The van der Waals surface area contributed by atoms with E-state index < -0.39 is 34.1 Å². The van der Waals surface area contributed by atoms with Crippen LogP contribution in [0.5, 0.6) is 0 Å². The molecule has 0 aliphatic carbocycles. The number of para-hydroxylation sites is 1. The lowest BCUT2D eigenvalue weighted by atomic mass is 10.3.